The lowest BCUT2D eigenvalue weighted by molar-refractivity contribution is -0.146. The van der Waals surface area contributed by atoms with Crippen molar-refractivity contribution in [2.75, 3.05) is 19.8 Å². The fourth-order valence-corrected chi connectivity index (χ4v) is 2.60. The number of benzene rings is 2. The minimum atomic E-state index is -4.02. The van der Waals surface area contributed by atoms with Crippen LogP contribution in [-0.2, 0) is 14.9 Å². The average Bonchev–Trinajstić information content (AvgIpc) is 2.53. The van der Waals surface area contributed by atoms with Crippen molar-refractivity contribution in [1.82, 2.24) is 0 Å². The summed E-state index contributed by atoms with van der Waals surface area (Å²) in [5.74, 6) is 0.678. The van der Waals surface area contributed by atoms with Crippen LogP contribution in [0, 0.1) is 6.92 Å². The van der Waals surface area contributed by atoms with Crippen LogP contribution in [0.5, 0.6) is 5.75 Å². The van der Waals surface area contributed by atoms with E-state index in [1.807, 2.05) is 19.1 Å². The third kappa shape index (κ3) is 6.39. The van der Waals surface area contributed by atoms with E-state index >= 15 is 0 Å². The van der Waals surface area contributed by atoms with Gasteiger partial charge in [0.1, 0.15) is 12.4 Å². The van der Waals surface area contributed by atoms with Crippen molar-refractivity contribution >= 4 is 26.0 Å². The monoisotopic (exact) mass is 432 g/mol. The number of ether oxygens (including phenoxy) is 2. The molecule has 0 unspecified atom stereocenters. The largest absolute Gasteiger partial charge is 0.490 e. The van der Waals surface area contributed by atoms with Gasteiger partial charge in [-0.05, 0) is 43.3 Å². The predicted molar refractivity (Wildman–Crippen MR) is 95.3 cm³/mol. The van der Waals surface area contributed by atoms with E-state index in [0.29, 0.717) is 5.75 Å². The van der Waals surface area contributed by atoms with Crippen molar-refractivity contribution in [1.29, 1.82) is 0 Å². The van der Waals surface area contributed by atoms with Crippen LogP contribution in [0.1, 0.15) is 5.56 Å². The van der Waals surface area contributed by atoms with Crippen LogP contribution >= 0.6 is 15.9 Å². The molecule has 0 atom stereocenters. The van der Waals surface area contributed by atoms with Crippen LogP contribution in [-0.4, -0.2) is 38.5 Å². The van der Waals surface area contributed by atoms with Crippen LogP contribution in [0.15, 0.2) is 57.9 Å². The van der Waals surface area contributed by atoms with E-state index in [1.165, 1.54) is 12.1 Å². The van der Waals surface area contributed by atoms with Crippen molar-refractivity contribution < 1.29 is 26.8 Å². The highest BCUT2D eigenvalue weighted by atomic mass is 79.9. The maximum Gasteiger partial charge on any atom is 0.294 e. The molecular weight excluding hydrogens is 415 g/mol. The summed E-state index contributed by atoms with van der Waals surface area (Å²) in [4.78, 5) is -0.0666. The molecule has 8 heteroatoms. The minimum absolute atomic E-state index is 0.0641. The molecule has 0 radical (unpaired) electrons. The summed E-state index contributed by atoms with van der Waals surface area (Å²) in [6.45, 7) is 2.19. The molecule has 5 nitrogen and oxygen atoms in total. The lowest BCUT2D eigenvalue weighted by atomic mass is 10.1. The van der Waals surface area contributed by atoms with Crippen LogP contribution < -0.4 is 4.74 Å². The number of hydrogen-bond donors (Lipinski definition) is 1. The first-order valence-corrected chi connectivity index (χ1v) is 9.60. The van der Waals surface area contributed by atoms with Gasteiger partial charge in [0.05, 0.1) is 18.1 Å². The van der Waals surface area contributed by atoms with Gasteiger partial charge in [0.2, 0.25) is 0 Å². The second-order valence-corrected chi connectivity index (χ2v) is 8.01. The highest BCUT2D eigenvalue weighted by Crippen LogP contribution is 2.24. The van der Waals surface area contributed by atoms with Crippen LogP contribution in [0.2, 0.25) is 0 Å². The van der Waals surface area contributed by atoms with Gasteiger partial charge >= 0.3 is 0 Å². The van der Waals surface area contributed by atoms with Crippen LogP contribution in [0.3, 0.4) is 0 Å². The van der Waals surface area contributed by atoms with Crippen molar-refractivity contribution in [3.8, 4) is 5.75 Å². The maximum atomic E-state index is 13.4. The fraction of sp³-hybridized carbons (Fsp3) is 0.294. The molecule has 1 aliphatic rings. The van der Waals surface area contributed by atoms with Crippen molar-refractivity contribution in [2.24, 2.45) is 0 Å². The summed E-state index contributed by atoms with van der Waals surface area (Å²) in [7, 11) is -4.02. The SMILES string of the molecule is Cc1ccc(S(=O)(=O)O)cc1.FC1(COc2ccc(Br)cc2)COC1. The molecule has 1 fully saturated rings. The standard InChI is InChI=1S/C10H10BrFO2.C7H8O3S/c11-8-1-3-9(4-2-8)14-7-10(12)5-13-6-10;1-6-2-4-7(5-3-6)11(8,9)10/h1-4H,5-7H2;2-5H,1H3,(H,8,9,10). The Morgan fingerprint density at radius 2 is 1.72 bits per heavy atom. The van der Waals surface area contributed by atoms with E-state index in [4.69, 9.17) is 14.0 Å². The van der Waals surface area contributed by atoms with Gasteiger partial charge in [-0.2, -0.15) is 8.42 Å². The van der Waals surface area contributed by atoms with Crippen molar-refractivity contribution in [3.05, 3.63) is 58.6 Å². The summed E-state index contributed by atoms with van der Waals surface area (Å²) in [6, 6.07) is 13.3. The molecule has 0 aliphatic carbocycles. The number of hydrogen-bond acceptors (Lipinski definition) is 4. The van der Waals surface area contributed by atoms with Gasteiger partial charge < -0.3 is 9.47 Å². The molecule has 0 saturated carbocycles. The molecule has 1 heterocycles. The highest BCUT2D eigenvalue weighted by Gasteiger charge is 2.39. The topological polar surface area (TPSA) is 72.8 Å². The summed E-state index contributed by atoms with van der Waals surface area (Å²) in [6.07, 6.45) is 0. The maximum absolute atomic E-state index is 13.4. The van der Waals surface area contributed by atoms with Crippen LogP contribution in [0.25, 0.3) is 0 Å². The Morgan fingerprint density at radius 3 is 2.16 bits per heavy atom. The van der Waals surface area contributed by atoms with E-state index in [1.54, 1.807) is 24.3 Å². The zero-order chi connectivity index (χ0) is 18.5. The predicted octanol–water partition coefficient (Wildman–Crippen LogP) is 3.81. The van der Waals surface area contributed by atoms with E-state index in [2.05, 4.69) is 15.9 Å². The number of halogens is 2. The van der Waals surface area contributed by atoms with Gasteiger partial charge in [-0.1, -0.05) is 33.6 Å². The Bertz CT molecular complexity index is 787. The Labute approximate surface area is 154 Å². The van der Waals surface area contributed by atoms with E-state index < -0.39 is 15.8 Å². The van der Waals surface area contributed by atoms with Gasteiger partial charge in [-0.15, -0.1) is 0 Å². The number of aryl methyl sites for hydroxylation is 1. The first-order chi connectivity index (χ1) is 11.7. The number of alkyl halides is 1. The molecule has 25 heavy (non-hydrogen) atoms. The molecule has 2 aromatic carbocycles. The van der Waals surface area contributed by atoms with Crippen molar-refractivity contribution in [3.63, 3.8) is 0 Å². The Balaban J connectivity index is 0.000000186. The van der Waals surface area contributed by atoms with Gasteiger partial charge in [-0.25, -0.2) is 4.39 Å². The second-order valence-electron chi connectivity index (χ2n) is 5.67. The third-order valence-electron chi connectivity index (χ3n) is 3.35. The molecule has 3 rings (SSSR count). The van der Waals surface area contributed by atoms with Gasteiger partial charge in [0.25, 0.3) is 10.1 Å². The van der Waals surface area contributed by atoms with Gasteiger partial charge in [-0.3, -0.25) is 4.55 Å². The third-order valence-corrected chi connectivity index (χ3v) is 4.75. The first-order valence-electron chi connectivity index (χ1n) is 7.37. The molecule has 2 aromatic rings. The quantitative estimate of drug-likeness (QED) is 0.743. The lowest BCUT2D eigenvalue weighted by Crippen LogP contribution is -2.50. The molecule has 0 spiro atoms. The normalized spacial score (nSPS) is 15.5. The van der Waals surface area contributed by atoms with E-state index in [-0.39, 0.29) is 24.7 Å². The summed E-state index contributed by atoms with van der Waals surface area (Å²) in [5.41, 5.74) is -0.329. The van der Waals surface area contributed by atoms with E-state index in [9.17, 15) is 12.8 Å². The lowest BCUT2D eigenvalue weighted by Gasteiger charge is -2.33. The van der Waals surface area contributed by atoms with Crippen molar-refractivity contribution in [2.45, 2.75) is 17.5 Å². The zero-order valence-electron chi connectivity index (χ0n) is 13.5. The second kappa shape index (κ2) is 8.27. The average molecular weight is 433 g/mol. The zero-order valence-corrected chi connectivity index (χ0v) is 15.9. The summed E-state index contributed by atoms with van der Waals surface area (Å²) in [5, 5.41) is 0. The molecule has 136 valence electrons. The van der Waals surface area contributed by atoms with Gasteiger partial charge in [0, 0.05) is 4.47 Å². The molecule has 1 N–H and O–H groups in total. The first kappa shape index (κ1) is 19.8. The molecule has 0 amide bonds. The minimum Gasteiger partial charge on any atom is -0.490 e. The van der Waals surface area contributed by atoms with E-state index in [0.717, 1.165) is 10.0 Å². The Kier molecular flexibility index (Phi) is 6.56. The smallest absolute Gasteiger partial charge is 0.294 e. The number of rotatable bonds is 4. The van der Waals surface area contributed by atoms with Crippen LogP contribution in [0.4, 0.5) is 4.39 Å². The molecule has 0 bridgehead atoms. The highest BCUT2D eigenvalue weighted by molar-refractivity contribution is 9.10. The summed E-state index contributed by atoms with van der Waals surface area (Å²) < 4.78 is 54.0. The van der Waals surface area contributed by atoms with Gasteiger partial charge in [0.15, 0.2) is 5.67 Å². The molecular formula is C17H18BrFO5S. The Morgan fingerprint density at radius 1 is 1.16 bits per heavy atom. The molecule has 1 saturated heterocycles. The fourth-order valence-electron chi connectivity index (χ4n) is 1.86. The Hall–Kier alpha value is -1.48. The molecule has 0 aromatic heterocycles. The molecule has 1 aliphatic heterocycles. The summed E-state index contributed by atoms with van der Waals surface area (Å²) >= 11 is 3.31.